The maximum absolute atomic E-state index is 12.9. The number of nitrogens with one attached hydrogen (secondary N) is 1. The second-order valence-corrected chi connectivity index (χ2v) is 6.99. The van der Waals surface area contributed by atoms with Crippen molar-refractivity contribution < 1.29 is 19.5 Å². The van der Waals surface area contributed by atoms with Crippen molar-refractivity contribution in [2.45, 2.75) is 52.1 Å². The Morgan fingerprint density at radius 1 is 1.32 bits per heavy atom. The van der Waals surface area contributed by atoms with Gasteiger partial charge in [0.2, 0.25) is 5.91 Å². The summed E-state index contributed by atoms with van der Waals surface area (Å²) in [6, 6.07) is 6.25. The van der Waals surface area contributed by atoms with Gasteiger partial charge in [-0.3, -0.25) is 14.4 Å². The molecule has 1 saturated heterocycles. The Balaban J connectivity index is 2.13. The van der Waals surface area contributed by atoms with Crippen LogP contribution < -0.4 is 5.32 Å². The van der Waals surface area contributed by atoms with Gasteiger partial charge in [0, 0.05) is 18.2 Å². The summed E-state index contributed by atoms with van der Waals surface area (Å²) in [5.74, 6) is -1.48. The molecule has 1 aliphatic rings. The molecule has 2 amide bonds. The van der Waals surface area contributed by atoms with Crippen molar-refractivity contribution in [3.8, 4) is 0 Å². The van der Waals surface area contributed by atoms with Crippen LogP contribution in [0.15, 0.2) is 24.3 Å². The van der Waals surface area contributed by atoms with E-state index in [0.29, 0.717) is 18.5 Å². The first-order valence-corrected chi connectivity index (χ1v) is 8.69. The molecule has 1 aliphatic heterocycles. The molecule has 25 heavy (non-hydrogen) atoms. The Bertz CT molecular complexity index is 657. The Morgan fingerprint density at radius 2 is 2.04 bits per heavy atom. The fourth-order valence-electron chi connectivity index (χ4n) is 3.24. The minimum atomic E-state index is -0.908. The van der Waals surface area contributed by atoms with Crippen molar-refractivity contribution in [1.29, 1.82) is 0 Å². The van der Waals surface area contributed by atoms with Crippen LogP contribution in [0.3, 0.4) is 0 Å². The lowest BCUT2D eigenvalue weighted by atomic mass is 10.0. The molecule has 1 heterocycles. The normalized spacial score (nSPS) is 18.2. The van der Waals surface area contributed by atoms with Crippen LogP contribution in [0.2, 0.25) is 0 Å². The van der Waals surface area contributed by atoms with Gasteiger partial charge in [-0.05, 0) is 37.8 Å². The Morgan fingerprint density at radius 3 is 2.64 bits per heavy atom. The Hall–Kier alpha value is -2.37. The van der Waals surface area contributed by atoms with Crippen molar-refractivity contribution in [2.24, 2.45) is 5.92 Å². The number of likely N-dealkylation sites (tertiary alicyclic amines) is 1. The molecule has 2 unspecified atom stereocenters. The number of amides is 2. The zero-order valence-corrected chi connectivity index (χ0v) is 15.0. The molecule has 2 atom stereocenters. The Kier molecular flexibility index (Phi) is 6.17. The summed E-state index contributed by atoms with van der Waals surface area (Å²) in [5, 5.41) is 11.9. The van der Waals surface area contributed by atoms with Crippen molar-refractivity contribution in [1.82, 2.24) is 10.2 Å². The van der Waals surface area contributed by atoms with Crippen LogP contribution in [0, 0.1) is 12.8 Å². The van der Waals surface area contributed by atoms with E-state index >= 15 is 0 Å². The van der Waals surface area contributed by atoms with Crippen LogP contribution in [0.4, 0.5) is 0 Å². The number of benzene rings is 1. The van der Waals surface area contributed by atoms with E-state index in [9.17, 15) is 14.4 Å². The smallest absolute Gasteiger partial charge is 0.305 e. The summed E-state index contributed by atoms with van der Waals surface area (Å²) >= 11 is 0. The number of carboxylic acids is 1. The van der Waals surface area contributed by atoms with Gasteiger partial charge in [-0.15, -0.1) is 0 Å². The molecule has 1 fully saturated rings. The summed E-state index contributed by atoms with van der Waals surface area (Å²) < 4.78 is 0. The first kappa shape index (κ1) is 19.0. The number of carboxylic acid groups (broad SMARTS) is 1. The quantitative estimate of drug-likeness (QED) is 0.827. The monoisotopic (exact) mass is 346 g/mol. The standard InChI is InChI=1S/C19H26N2O4/c1-12(2)17(20-18(24)14-7-4-6-13(3)10-14)19(25)21-9-5-8-15(21)11-16(22)23/h4,6-7,10,12,15,17H,5,8-9,11H2,1-3H3,(H,20,24)(H,22,23). The van der Waals surface area contributed by atoms with Gasteiger partial charge in [0.05, 0.1) is 6.42 Å². The third-order valence-electron chi connectivity index (χ3n) is 4.57. The summed E-state index contributed by atoms with van der Waals surface area (Å²) in [6.45, 7) is 6.20. The summed E-state index contributed by atoms with van der Waals surface area (Å²) in [6.07, 6.45) is 1.43. The molecule has 0 spiro atoms. The molecule has 0 aromatic heterocycles. The van der Waals surface area contributed by atoms with Crippen molar-refractivity contribution in [3.63, 3.8) is 0 Å². The van der Waals surface area contributed by atoms with Gasteiger partial charge in [-0.25, -0.2) is 0 Å². The number of carbonyl (C=O) groups is 3. The van der Waals surface area contributed by atoms with E-state index in [0.717, 1.165) is 12.0 Å². The first-order chi connectivity index (χ1) is 11.8. The molecular weight excluding hydrogens is 320 g/mol. The third-order valence-corrected chi connectivity index (χ3v) is 4.57. The number of hydrogen-bond acceptors (Lipinski definition) is 3. The SMILES string of the molecule is Cc1cccc(C(=O)NC(C(=O)N2CCCC2CC(=O)O)C(C)C)c1. The van der Waals surface area contributed by atoms with Gasteiger partial charge in [0.25, 0.3) is 5.91 Å². The second-order valence-electron chi connectivity index (χ2n) is 6.99. The van der Waals surface area contributed by atoms with Crippen molar-refractivity contribution >= 4 is 17.8 Å². The molecule has 0 aliphatic carbocycles. The molecule has 1 aromatic carbocycles. The predicted molar refractivity (Wildman–Crippen MR) is 94.3 cm³/mol. The van der Waals surface area contributed by atoms with E-state index in [-0.39, 0.29) is 30.2 Å². The molecule has 1 aromatic rings. The molecule has 6 heteroatoms. The average molecular weight is 346 g/mol. The maximum atomic E-state index is 12.9. The number of aryl methyl sites for hydroxylation is 1. The topological polar surface area (TPSA) is 86.7 Å². The lowest BCUT2D eigenvalue weighted by Gasteiger charge is -2.30. The maximum Gasteiger partial charge on any atom is 0.305 e. The largest absolute Gasteiger partial charge is 0.481 e. The molecule has 0 bridgehead atoms. The van der Waals surface area contributed by atoms with Crippen molar-refractivity contribution in [3.05, 3.63) is 35.4 Å². The van der Waals surface area contributed by atoms with Gasteiger partial charge in [0.1, 0.15) is 6.04 Å². The zero-order chi connectivity index (χ0) is 18.6. The molecule has 6 nitrogen and oxygen atoms in total. The highest BCUT2D eigenvalue weighted by atomic mass is 16.4. The Labute approximate surface area is 148 Å². The minimum absolute atomic E-state index is 0.0532. The highest BCUT2D eigenvalue weighted by Crippen LogP contribution is 2.22. The molecule has 2 N–H and O–H groups in total. The minimum Gasteiger partial charge on any atom is -0.481 e. The van der Waals surface area contributed by atoms with Gasteiger partial charge < -0.3 is 15.3 Å². The number of aliphatic carboxylic acids is 1. The third kappa shape index (κ3) is 4.81. The lowest BCUT2D eigenvalue weighted by Crippen LogP contribution is -2.52. The summed E-state index contributed by atoms with van der Waals surface area (Å²) in [5.41, 5.74) is 1.49. The van der Waals surface area contributed by atoms with E-state index in [4.69, 9.17) is 5.11 Å². The van der Waals surface area contributed by atoms with E-state index in [1.807, 2.05) is 26.8 Å². The second kappa shape index (κ2) is 8.14. The summed E-state index contributed by atoms with van der Waals surface area (Å²) in [4.78, 5) is 38.1. The number of nitrogens with zero attached hydrogens (tertiary/aromatic N) is 1. The van der Waals surface area contributed by atoms with Crippen LogP contribution >= 0.6 is 0 Å². The molecule has 2 rings (SSSR count). The molecular formula is C19H26N2O4. The highest BCUT2D eigenvalue weighted by molar-refractivity contribution is 5.97. The fraction of sp³-hybridized carbons (Fsp3) is 0.526. The van der Waals surface area contributed by atoms with Crippen LogP contribution in [0.25, 0.3) is 0 Å². The van der Waals surface area contributed by atoms with Crippen molar-refractivity contribution in [2.75, 3.05) is 6.54 Å². The lowest BCUT2D eigenvalue weighted by molar-refractivity contribution is -0.140. The van der Waals surface area contributed by atoms with Crippen LogP contribution in [0.5, 0.6) is 0 Å². The number of rotatable bonds is 6. The van der Waals surface area contributed by atoms with Crippen LogP contribution in [-0.4, -0.2) is 46.4 Å². The molecule has 136 valence electrons. The summed E-state index contributed by atoms with van der Waals surface area (Å²) in [7, 11) is 0. The van der Waals surface area contributed by atoms with E-state index in [1.54, 1.807) is 23.1 Å². The fourth-order valence-corrected chi connectivity index (χ4v) is 3.24. The predicted octanol–water partition coefficient (Wildman–Crippen LogP) is 2.22. The number of carbonyl (C=O) groups excluding carboxylic acids is 2. The van der Waals surface area contributed by atoms with E-state index < -0.39 is 12.0 Å². The average Bonchev–Trinajstić information content (AvgIpc) is 2.98. The highest BCUT2D eigenvalue weighted by Gasteiger charge is 2.36. The van der Waals surface area contributed by atoms with Gasteiger partial charge in [-0.2, -0.15) is 0 Å². The van der Waals surface area contributed by atoms with E-state index in [1.165, 1.54) is 0 Å². The zero-order valence-electron chi connectivity index (χ0n) is 15.0. The van der Waals surface area contributed by atoms with E-state index in [2.05, 4.69) is 5.32 Å². The van der Waals surface area contributed by atoms with Crippen LogP contribution in [-0.2, 0) is 9.59 Å². The molecule has 0 radical (unpaired) electrons. The molecule has 0 saturated carbocycles. The first-order valence-electron chi connectivity index (χ1n) is 8.69. The van der Waals surface area contributed by atoms with Gasteiger partial charge in [0.15, 0.2) is 0 Å². The van der Waals surface area contributed by atoms with Gasteiger partial charge in [-0.1, -0.05) is 31.5 Å². The van der Waals surface area contributed by atoms with Gasteiger partial charge >= 0.3 is 5.97 Å². The van der Waals surface area contributed by atoms with Crippen LogP contribution in [0.1, 0.15) is 49.0 Å². The number of hydrogen-bond donors (Lipinski definition) is 2.